The number of hydrogen-bond acceptors (Lipinski definition) is 9. The Balaban J connectivity index is 2.12. The molecule has 1 aromatic rings. The van der Waals surface area contributed by atoms with E-state index in [1.165, 1.54) is 21.3 Å². The van der Waals surface area contributed by atoms with Crippen LogP contribution in [0.4, 0.5) is 0 Å². The van der Waals surface area contributed by atoms with E-state index in [4.69, 9.17) is 33.2 Å². The molecule has 1 saturated heterocycles. The summed E-state index contributed by atoms with van der Waals surface area (Å²) in [7, 11) is 6.10. The van der Waals surface area contributed by atoms with E-state index < -0.39 is 29.5 Å². The molecule has 4 atom stereocenters. The summed E-state index contributed by atoms with van der Waals surface area (Å²) in [5, 5.41) is 11.9. The maximum absolute atomic E-state index is 13.0. The summed E-state index contributed by atoms with van der Waals surface area (Å²) >= 11 is 0. The number of carbonyl (C=O) groups excluding carboxylic acids is 1. The number of benzene rings is 1. The third-order valence-corrected chi connectivity index (χ3v) is 7.33. The first-order valence-electron chi connectivity index (χ1n) is 12.0. The number of aliphatic hydroxyl groups is 1. The lowest BCUT2D eigenvalue weighted by Gasteiger charge is -2.41. The van der Waals surface area contributed by atoms with E-state index in [-0.39, 0.29) is 6.79 Å². The summed E-state index contributed by atoms with van der Waals surface area (Å²) in [6.45, 7) is 6.99. The van der Waals surface area contributed by atoms with Crippen molar-refractivity contribution in [2.75, 3.05) is 35.2 Å². The van der Waals surface area contributed by atoms with Crippen LogP contribution in [0.3, 0.4) is 0 Å². The maximum atomic E-state index is 13.0. The molecule has 1 N–H and O–H groups in total. The SMILES string of the molecule is CC=C(C)C(=O)OC1c2cc(OC)c(OC)c(OC)c2C2C(=CC(C)C1(C)O)C=C1OCOC1=C2OC. The van der Waals surface area contributed by atoms with Crippen LogP contribution in [0.1, 0.15) is 50.8 Å². The first-order chi connectivity index (χ1) is 17.6. The molecule has 0 aromatic heterocycles. The summed E-state index contributed by atoms with van der Waals surface area (Å²) < 4.78 is 40.6. The van der Waals surface area contributed by atoms with Gasteiger partial charge < -0.3 is 38.3 Å². The first kappa shape index (κ1) is 26.5. The van der Waals surface area contributed by atoms with Crippen molar-refractivity contribution in [3.05, 3.63) is 63.8 Å². The fourth-order valence-electron chi connectivity index (χ4n) is 4.98. The Morgan fingerprint density at radius 1 is 1.11 bits per heavy atom. The van der Waals surface area contributed by atoms with Crippen molar-refractivity contribution in [1.29, 1.82) is 0 Å². The third-order valence-electron chi connectivity index (χ3n) is 7.33. The lowest BCUT2D eigenvalue weighted by molar-refractivity contribution is -0.164. The van der Waals surface area contributed by atoms with Gasteiger partial charge in [0.2, 0.25) is 18.3 Å². The number of methoxy groups -OCH3 is 4. The van der Waals surface area contributed by atoms with Crippen LogP contribution in [0.15, 0.2) is 52.7 Å². The molecule has 1 aromatic carbocycles. The highest BCUT2D eigenvalue weighted by molar-refractivity contribution is 5.88. The molecular formula is C28H34O9. The second kappa shape index (κ2) is 10.0. The molecule has 1 aliphatic heterocycles. The number of fused-ring (bicyclic) bond motifs is 4. The summed E-state index contributed by atoms with van der Waals surface area (Å²) in [5.41, 5.74) is 0.769. The van der Waals surface area contributed by atoms with Crippen LogP contribution in [-0.4, -0.2) is 51.9 Å². The Kier molecular flexibility index (Phi) is 7.19. The van der Waals surface area contributed by atoms with E-state index in [1.54, 1.807) is 40.0 Å². The number of ether oxygens (including phenoxy) is 7. The second-order valence-electron chi connectivity index (χ2n) is 9.33. The molecule has 2 aliphatic carbocycles. The van der Waals surface area contributed by atoms with Crippen LogP contribution in [0.25, 0.3) is 0 Å². The highest BCUT2D eigenvalue weighted by Crippen LogP contribution is 2.56. The van der Waals surface area contributed by atoms with E-state index in [0.717, 1.165) is 5.57 Å². The monoisotopic (exact) mass is 514 g/mol. The van der Waals surface area contributed by atoms with Gasteiger partial charge in [0.05, 0.1) is 34.4 Å². The molecule has 0 saturated carbocycles. The molecule has 9 nitrogen and oxygen atoms in total. The standard InChI is InChI=1S/C28H34O9/c1-9-14(2)27(29)37-26-17-12-18(31-5)22(32-6)25(34-8)21(17)20-16(10-15(3)28(26,4)30)11-19-23(24(20)33-7)36-13-35-19/h9-12,15,20,26,30H,13H2,1-8H3. The van der Waals surface area contributed by atoms with Gasteiger partial charge in [0.15, 0.2) is 29.1 Å². The van der Waals surface area contributed by atoms with E-state index in [1.807, 2.05) is 19.1 Å². The highest BCUT2D eigenvalue weighted by Gasteiger charge is 2.49. The largest absolute Gasteiger partial charge is 0.496 e. The molecule has 200 valence electrons. The lowest BCUT2D eigenvalue weighted by atomic mass is 9.71. The average molecular weight is 515 g/mol. The lowest BCUT2D eigenvalue weighted by Crippen LogP contribution is -2.43. The van der Waals surface area contributed by atoms with Gasteiger partial charge in [0.25, 0.3) is 0 Å². The van der Waals surface area contributed by atoms with Gasteiger partial charge in [-0.25, -0.2) is 4.79 Å². The molecule has 9 heteroatoms. The van der Waals surface area contributed by atoms with Crippen molar-refractivity contribution >= 4 is 5.97 Å². The Morgan fingerprint density at radius 2 is 1.81 bits per heavy atom. The van der Waals surface area contributed by atoms with Gasteiger partial charge in [-0.3, -0.25) is 0 Å². The molecule has 0 spiro atoms. The van der Waals surface area contributed by atoms with Crippen LogP contribution in [0, 0.1) is 5.92 Å². The van der Waals surface area contributed by atoms with Crippen molar-refractivity contribution in [3.8, 4) is 17.2 Å². The molecule has 0 bridgehead atoms. The quantitative estimate of drug-likeness (QED) is 0.436. The molecule has 1 heterocycles. The molecule has 4 unspecified atom stereocenters. The van der Waals surface area contributed by atoms with Crippen molar-refractivity contribution in [1.82, 2.24) is 0 Å². The Labute approximate surface area is 216 Å². The number of rotatable bonds is 6. The molecule has 0 radical (unpaired) electrons. The molecule has 1 fully saturated rings. The van der Waals surface area contributed by atoms with Gasteiger partial charge in [-0.2, -0.15) is 0 Å². The fourth-order valence-corrected chi connectivity index (χ4v) is 4.98. The molecule has 3 aliphatic rings. The predicted octanol–water partition coefficient (Wildman–Crippen LogP) is 4.43. The number of allylic oxidation sites excluding steroid dienone is 3. The molecule has 4 rings (SSSR count). The predicted molar refractivity (Wildman–Crippen MR) is 134 cm³/mol. The Morgan fingerprint density at radius 3 is 2.41 bits per heavy atom. The second-order valence-corrected chi connectivity index (χ2v) is 9.33. The number of carbonyl (C=O) groups is 1. The van der Waals surface area contributed by atoms with Crippen LogP contribution >= 0.6 is 0 Å². The summed E-state index contributed by atoms with van der Waals surface area (Å²) in [5.74, 6) is 1.03. The van der Waals surface area contributed by atoms with Crippen LogP contribution in [0.2, 0.25) is 0 Å². The summed E-state index contributed by atoms with van der Waals surface area (Å²) in [6.07, 6.45) is 4.37. The first-order valence-corrected chi connectivity index (χ1v) is 12.0. The minimum atomic E-state index is -1.52. The van der Waals surface area contributed by atoms with Gasteiger partial charge in [-0.05, 0) is 38.5 Å². The van der Waals surface area contributed by atoms with E-state index in [0.29, 0.717) is 51.2 Å². The van der Waals surface area contributed by atoms with Crippen LogP contribution in [0.5, 0.6) is 17.2 Å². The van der Waals surface area contributed by atoms with Crippen molar-refractivity contribution in [2.45, 2.75) is 45.3 Å². The van der Waals surface area contributed by atoms with Gasteiger partial charge >= 0.3 is 5.97 Å². The van der Waals surface area contributed by atoms with Crippen LogP contribution in [-0.2, 0) is 23.7 Å². The minimum absolute atomic E-state index is 0.0556. The van der Waals surface area contributed by atoms with E-state index in [9.17, 15) is 9.90 Å². The molecular weight excluding hydrogens is 480 g/mol. The fraction of sp³-hybridized carbons (Fsp3) is 0.464. The normalized spacial score (nSPS) is 26.6. The third kappa shape index (κ3) is 4.21. The Hall–Kier alpha value is -3.59. The average Bonchev–Trinajstić information content (AvgIpc) is 3.36. The smallest absolute Gasteiger partial charge is 0.334 e. The van der Waals surface area contributed by atoms with Crippen LogP contribution < -0.4 is 14.2 Å². The zero-order valence-corrected chi connectivity index (χ0v) is 22.5. The highest BCUT2D eigenvalue weighted by atomic mass is 16.7. The maximum Gasteiger partial charge on any atom is 0.334 e. The number of esters is 1. The zero-order valence-electron chi connectivity index (χ0n) is 22.5. The molecule has 0 amide bonds. The number of hydrogen-bond donors (Lipinski definition) is 1. The summed E-state index contributed by atoms with van der Waals surface area (Å²) in [6, 6.07) is 1.72. The van der Waals surface area contributed by atoms with Gasteiger partial charge in [-0.1, -0.05) is 19.1 Å². The van der Waals surface area contributed by atoms with Crippen molar-refractivity contribution in [2.24, 2.45) is 5.92 Å². The van der Waals surface area contributed by atoms with Gasteiger partial charge in [-0.15, -0.1) is 0 Å². The van der Waals surface area contributed by atoms with Crippen molar-refractivity contribution in [3.63, 3.8) is 0 Å². The summed E-state index contributed by atoms with van der Waals surface area (Å²) in [4.78, 5) is 13.0. The van der Waals surface area contributed by atoms with Crippen molar-refractivity contribution < 1.29 is 43.1 Å². The van der Waals surface area contributed by atoms with Gasteiger partial charge in [0.1, 0.15) is 5.60 Å². The minimum Gasteiger partial charge on any atom is -0.496 e. The topological polar surface area (TPSA) is 102 Å². The molecule has 37 heavy (non-hydrogen) atoms. The van der Waals surface area contributed by atoms with E-state index in [2.05, 4.69) is 0 Å². The van der Waals surface area contributed by atoms with E-state index >= 15 is 0 Å². The zero-order chi connectivity index (χ0) is 27.1. The Bertz CT molecular complexity index is 1220. The van der Waals surface area contributed by atoms with Gasteiger partial charge in [0, 0.05) is 22.6 Å².